The van der Waals surface area contributed by atoms with Gasteiger partial charge in [0.15, 0.2) is 0 Å². The van der Waals surface area contributed by atoms with Crippen LogP contribution in [0.1, 0.15) is 50.4 Å². The molecule has 2 unspecified atom stereocenters. The van der Waals surface area contributed by atoms with Crippen LogP contribution in [0.4, 0.5) is 0 Å². The van der Waals surface area contributed by atoms with Crippen molar-refractivity contribution in [3.63, 3.8) is 0 Å². The van der Waals surface area contributed by atoms with Gasteiger partial charge in [-0.2, -0.15) is 0 Å². The average Bonchev–Trinajstić information content (AvgIpc) is 1.53. The molecular formula is C118H78N4. The van der Waals surface area contributed by atoms with E-state index in [1.165, 1.54) is 122 Å². The van der Waals surface area contributed by atoms with Gasteiger partial charge in [0.2, 0.25) is 0 Å². The molecule has 21 aromatic rings. The summed E-state index contributed by atoms with van der Waals surface area (Å²) in [6.07, 6.45) is 9.39. The third-order valence-electron chi connectivity index (χ3n) is 26.6. The highest BCUT2D eigenvalue weighted by Gasteiger charge is 2.53. The Morgan fingerprint density at radius 1 is 0.221 bits per heavy atom. The molecule has 18 aromatic carbocycles. The summed E-state index contributed by atoms with van der Waals surface area (Å²) < 4.78 is 4.88. The second kappa shape index (κ2) is 28.6. The molecule has 0 aliphatic heterocycles. The van der Waals surface area contributed by atoms with Crippen LogP contribution in [-0.4, -0.2) is 19.1 Å². The quantitative estimate of drug-likeness (QED) is 0.109. The lowest BCUT2D eigenvalue weighted by Gasteiger charge is -2.39. The summed E-state index contributed by atoms with van der Waals surface area (Å²) in [7, 11) is 0. The molecule has 0 saturated heterocycles. The molecule has 122 heavy (non-hydrogen) atoms. The molecule has 0 radical (unpaired) electrons. The van der Waals surface area contributed by atoms with Gasteiger partial charge in [-0.3, -0.25) is 0 Å². The number of hydrogen-bond acceptors (Lipinski definition) is 2. The number of nitrogens with zero attached hydrogens (tertiary/aromatic N) is 4. The molecular weight excluding hydrogens is 1470 g/mol. The first-order valence-electron chi connectivity index (χ1n) is 42.4. The van der Waals surface area contributed by atoms with Crippen LogP contribution in [0.3, 0.4) is 0 Å². The van der Waals surface area contributed by atoms with Gasteiger partial charge in [-0.05, 0) is 196 Å². The topological polar surface area (TPSA) is 35.6 Å². The number of rotatable bonds is 14. The van der Waals surface area contributed by atoms with E-state index in [0.29, 0.717) is 0 Å². The minimum absolute atomic E-state index is 0.116. The summed E-state index contributed by atoms with van der Waals surface area (Å²) in [6, 6.07) is 162. The van der Waals surface area contributed by atoms with E-state index in [-0.39, 0.29) is 11.8 Å². The summed E-state index contributed by atoms with van der Waals surface area (Å²) in [6.45, 7) is 0. The average molecular weight is 1550 g/mol. The largest absolute Gasteiger partial charge is 0.309 e. The Hall–Kier alpha value is -15.6. The SMILES string of the molecule is C1=CC2c3ccc(-c4ccc(-c5ccc6c(c5)C(c5ccccc5)(c5ccccc5)c5ccccc5-6)c5nc(-c6ccc(-n7c8ccc(-c9ccccc9)cc8c8cc(-c9ccccc9)ccc87)cc6)c(-c6ccc(-n7c8ccc(-c9ccccc9)cc8c8cc(-c9ccccc9)ccc87)cc6)nc45)cc3C(c3ccccc3)(c3ccccc3)C2C=C1. The van der Waals surface area contributed by atoms with Gasteiger partial charge in [-0.15, -0.1) is 0 Å². The van der Waals surface area contributed by atoms with E-state index in [9.17, 15) is 0 Å². The van der Waals surface area contributed by atoms with Crippen molar-refractivity contribution in [1.29, 1.82) is 0 Å². The molecule has 0 fully saturated rings. The molecule has 24 rings (SSSR count). The first-order valence-corrected chi connectivity index (χ1v) is 42.4. The minimum atomic E-state index is -0.645. The Kier molecular flexibility index (Phi) is 16.5. The lowest BCUT2D eigenvalue weighted by Crippen LogP contribution is -2.35. The van der Waals surface area contributed by atoms with Crippen molar-refractivity contribution in [3.8, 4) is 112 Å². The van der Waals surface area contributed by atoms with Crippen molar-refractivity contribution in [3.05, 3.63) is 506 Å². The van der Waals surface area contributed by atoms with E-state index in [2.05, 4.69) is 470 Å². The van der Waals surface area contributed by atoms with E-state index >= 15 is 0 Å². The Bertz CT molecular complexity index is 7470. The highest BCUT2D eigenvalue weighted by atomic mass is 15.0. The van der Waals surface area contributed by atoms with E-state index < -0.39 is 10.8 Å². The van der Waals surface area contributed by atoms with Crippen LogP contribution in [0.2, 0.25) is 0 Å². The lowest BCUT2D eigenvalue weighted by atomic mass is 9.63. The Morgan fingerprint density at radius 2 is 0.541 bits per heavy atom. The second-order valence-corrected chi connectivity index (χ2v) is 32.9. The van der Waals surface area contributed by atoms with Crippen LogP contribution in [0.5, 0.6) is 0 Å². The predicted molar refractivity (Wildman–Crippen MR) is 506 cm³/mol. The van der Waals surface area contributed by atoms with E-state index in [4.69, 9.17) is 9.97 Å². The number of aromatic nitrogens is 4. The summed E-state index contributed by atoms with van der Waals surface area (Å²) >= 11 is 0. The normalized spacial score (nSPS) is 14.6. The van der Waals surface area contributed by atoms with Crippen molar-refractivity contribution in [2.75, 3.05) is 0 Å². The molecule has 570 valence electrons. The number of hydrogen-bond donors (Lipinski definition) is 0. The zero-order chi connectivity index (χ0) is 80.4. The third-order valence-corrected chi connectivity index (χ3v) is 26.6. The second-order valence-electron chi connectivity index (χ2n) is 32.9. The zero-order valence-electron chi connectivity index (χ0n) is 66.8. The van der Waals surface area contributed by atoms with E-state index in [1.54, 1.807) is 0 Å². The third kappa shape index (κ3) is 11.1. The maximum absolute atomic E-state index is 6.32. The summed E-state index contributed by atoms with van der Waals surface area (Å²) in [5.41, 5.74) is 36.5. The molecule has 0 amide bonds. The van der Waals surface area contributed by atoms with Crippen molar-refractivity contribution in [2.24, 2.45) is 5.92 Å². The van der Waals surface area contributed by atoms with Crippen molar-refractivity contribution in [1.82, 2.24) is 19.1 Å². The molecule has 0 N–H and O–H groups in total. The molecule has 4 nitrogen and oxygen atoms in total. The molecule has 3 aromatic heterocycles. The minimum Gasteiger partial charge on any atom is -0.309 e. The summed E-state index contributed by atoms with van der Waals surface area (Å²) in [5, 5.41) is 4.76. The number of benzene rings is 18. The van der Waals surface area contributed by atoms with E-state index in [0.717, 1.165) is 89.2 Å². The van der Waals surface area contributed by atoms with Gasteiger partial charge >= 0.3 is 0 Å². The van der Waals surface area contributed by atoms with Crippen molar-refractivity contribution >= 4 is 54.6 Å². The van der Waals surface area contributed by atoms with Crippen LogP contribution < -0.4 is 0 Å². The Labute approximate surface area is 708 Å². The summed E-state index contributed by atoms with van der Waals surface area (Å²) in [5.74, 6) is 0.263. The zero-order valence-corrected chi connectivity index (χ0v) is 66.8. The molecule has 3 aliphatic rings. The van der Waals surface area contributed by atoms with Gasteiger partial charge in [-0.1, -0.05) is 376 Å². The molecule has 0 spiro atoms. The lowest BCUT2D eigenvalue weighted by molar-refractivity contribution is 0.457. The van der Waals surface area contributed by atoms with Crippen LogP contribution in [0.25, 0.3) is 166 Å². The first kappa shape index (κ1) is 70.6. The van der Waals surface area contributed by atoms with Gasteiger partial charge < -0.3 is 9.13 Å². The standard InChI is InChI=1S/C118H78N4/c1-9-29-77(30-10-1)83-55-67-109-101(71-83)102-72-84(78-31-11-2-12-32-78)56-68-110(102)121(109)93-59-49-81(50-60-93)113-114(82-51-61-94(62-52-82)122-111-69-57-85(79-33-13-3-14-34-79)73-103(111)104-74-86(58-70-112(104)122)80-35-15-4-16-36-80)120-116-96(88-54-64-100-98-46-26-28-48-106(98)118(108(100)76-88,91-41-21-7-22-42-91)92-43-23-8-24-44-92)66-65-95(115(116)119-113)87-53-63-99-97-45-25-27-47-105(97)117(107(99)75-87,89-37-17-5-18-38-89)90-39-19-6-20-40-90/h1-76,97,105H. The van der Waals surface area contributed by atoms with Gasteiger partial charge in [0.05, 0.1) is 55.3 Å². The van der Waals surface area contributed by atoms with Crippen molar-refractivity contribution < 1.29 is 0 Å². The molecule has 0 saturated carbocycles. The summed E-state index contributed by atoms with van der Waals surface area (Å²) in [4.78, 5) is 12.6. The van der Waals surface area contributed by atoms with Crippen LogP contribution in [-0.2, 0) is 10.8 Å². The molecule has 2 atom stereocenters. The van der Waals surface area contributed by atoms with Crippen molar-refractivity contribution in [2.45, 2.75) is 16.7 Å². The van der Waals surface area contributed by atoms with Gasteiger partial charge in [0.25, 0.3) is 0 Å². The Morgan fingerprint density at radius 3 is 0.951 bits per heavy atom. The maximum atomic E-state index is 6.32. The highest BCUT2D eigenvalue weighted by Crippen LogP contribution is 2.62. The van der Waals surface area contributed by atoms with Gasteiger partial charge in [0, 0.05) is 67.0 Å². The maximum Gasteiger partial charge on any atom is 0.0979 e. The fourth-order valence-corrected chi connectivity index (χ4v) is 21.1. The van der Waals surface area contributed by atoms with Crippen LogP contribution in [0, 0.1) is 5.92 Å². The first-order chi connectivity index (χ1) is 60.5. The molecule has 4 heteroatoms. The van der Waals surface area contributed by atoms with Gasteiger partial charge in [-0.25, -0.2) is 9.97 Å². The molecule has 3 heterocycles. The fraction of sp³-hybridized carbons (Fsp3) is 0.0339. The number of fused-ring (bicyclic) bond motifs is 13. The smallest absolute Gasteiger partial charge is 0.0979 e. The Balaban J connectivity index is 0.755. The number of allylic oxidation sites excluding steroid dienone is 4. The molecule has 0 bridgehead atoms. The van der Waals surface area contributed by atoms with E-state index in [1.807, 2.05) is 0 Å². The fourth-order valence-electron chi connectivity index (χ4n) is 21.1. The van der Waals surface area contributed by atoms with Crippen LogP contribution >= 0.6 is 0 Å². The highest BCUT2D eigenvalue weighted by molar-refractivity contribution is 6.14. The monoisotopic (exact) mass is 1550 g/mol. The molecule has 3 aliphatic carbocycles. The van der Waals surface area contributed by atoms with Gasteiger partial charge in [0.1, 0.15) is 0 Å². The predicted octanol–water partition coefficient (Wildman–Crippen LogP) is 29.7. The van der Waals surface area contributed by atoms with Crippen LogP contribution in [0.15, 0.2) is 461 Å².